The van der Waals surface area contributed by atoms with E-state index in [0.717, 1.165) is 4.90 Å². The molecule has 0 bridgehead atoms. The molecule has 0 spiro atoms. The summed E-state index contributed by atoms with van der Waals surface area (Å²) >= 11 is 1.53. The van der Waals surface area contributed by atoms with Crippen molar-refractivity contribution >= 4 is 17.7 Å². The Morgan fingerprint density at radius 1 is 1.52 bits per heavy atom. The van der Waals surface area contributed by atoms with E-state index >= 15 is 0 Å². The molecule has 4 nitrogen and oxygen atoms in total. The highest BCUT2D eigenvalue weighted by molar-refractivity contribution is 8.00. The average Bonchev–Trinajstić information content (AvgIpc) is 2.78. The number of carbonyl (C=O) groups is 1. The minimum Gasteiger partial charge on any atom is -0.385 e. The Kier molecular flexibility index (Phi) is 5.30. The summed E-state index contributed by atoms with van der Waals surface area (Å²) in [5.41, 5.74) is 1.43. The molecule has 1 saturated heterocycles. The first-order chi connectivity index (χ1) is 9.90. The Morgan fingerprint density at radius 3 is 2.95 bits per heavy atom. The van der Waals surface area contributed by atoms with Gasteiger partial charge in [-0.1, -0.05) is 17.7 Å². The number of ether oxygens (including phenoxy) is 1. The predicted octanol–water partition coefficient (Wildman–Crippen LogP) is 2.05. The van der Waals surface area contributed by atoms with Crippen LogP contribution in [0.1, 0.15) is 24.5 Å². The molecule has 0 aliphatic carbocycles. The molecule has 1 fully saturated rings. The number of thioether (sulfide) groups is 1. The van der Waals surface area contributed by atoms with Gasteiger partial charge in [-0.25, -0.2) is 0 Å². The van der Waals surface area contributed by atoms with Gasteiger partial charge in [0, 0.05) is 24.5 Å². The molecule has 116 valence electrons. The maximum Gasteiger partial charge on any atom is 0.230 e. The molecule has 0 radical (unpaired) electrons. The van der Waals surface area contributed by atoms with Crippen LogP contribution in [-0.4, -0.2) is 41.6 Å². The fraction of sp³-hybridized carbons (Fsp3) is 0.562. The van der Waals surface area contributed by atoms with Crippen molar-refractivity contribution in [3.05, 3.63) is 29.3 Å². The number of aryl methyl sites for hydroxylation is 2. The van der Waals surface area contributed by atoms with E-state index in [9.17, 15) is 9.90 Å². The molecule has 1 aromatic rings. The quantitative estimate of drug-likeness (QED) is 0.817. The van der Waals surface area contributed by atoms with Gasteiger partial charge < -0.3 is 15.2 Å². The topological polar surface area (TPSA) is 58.6 Å². The maximum absolute atomic E-state index is 11.9. The summed E-state index contributed by atoms with van der Waals surface area (Å²) in [4.78, 5) is 13.1. The molecule has 2 rings (SSSR count). The second kappa shape index (κ2) is 6.81. The van der Waals surface area contributed by atoms with E-state index in [1.54, 1.807) is 0 Å². The van der Waals surface area contributed by atoms with Crippen LogP contribution in [0.2, 0.25) is 0 Å². The molecule has 5 heteroatoms. The zero-order valence-corrected chi connectivity index (χ0v) is 13.6. The van der Waals surface area contributed by atoms with E-state index in [1.165, 1.54) is 22.9 Å². The number of hydrogen-bond donors (Lipinski definition) is 2. The maximum atomic E-state index is 11.9. The molecule has 0 aromatic heterocycles. The van der Waals surface area contributed by atoms with Gasteiger partial charge in [-0.2, -0.15) is 0 Å². The molecule has 21 heavy (non-hydrogen) atoms. The van der Waals surface area contributed by atoms with Crippen molar-refractivity contribution < 1.29 is 14.6 Å². The van der Waals surface area contributed by atoms with Gasteiger partial charge in [-0.05, 0) is 32.4 Å². The van der Waals surface area contributed by atoms with Crippen molar-refractivity contribution in [2.75, 3.05) is 18.9 Å². The second-order valence-corrected chi connectivity index (χ2v) is 6.72. The Balaban J connectivity index is 1.81. The fourth-order valence-corrected chi connectivity index (χ4v) is 3.27. The third-order valence-corrected chi connectivity index (χ3v) is 5.11. The number of nitrogens with one attached hydrogen (secondary N) is 1. The number of aliphatic hydroxyl groups is 1. The van der Waals surface area contributed by atoms with Gasteiger partial charge in [0.15, 0.2) is 0 Å². The molecule has 1 aliphatic heterocycles. The Bertz CT molecular complexity index is 520. The molecule has 1 heterocycles. The van der Waals surface area contributed by atoms with Crippen LogP contribution in [0.4, 0.5) is 0 Å². The molecular formula is C16H23NO3S. The number of carbonyl (C=O) groups excluding carboxylic acids is 1. The van der Waals surface area contributed by atoms with Crippen LogP contribution in [0, 0.1) is 13.8 Å². The van der Waals surface area contributed by atoms with Gasteiger partial charge in [0.2, 0.25) is 5.91 Å². The normalized spacial score (nSPS) is 25.0. The third kappa shape index (κ3) is 4.22. The highest BCUT2D eigenvalue weighted by atomic mass is 32.2. The Morgan fingerprint density at radius 2 is 2.29 bits per heavy atom. The first-order valence-corrected chi connectivity index (χ1v) is 8.20. The van der Waals surface area contributed by atoms with E-state index in [-0.39, 0.29) is 18.6 Å². The fourth-order valence-electron chi connectivity index (χ4n) is 2.31. The largest absolute Gasteiger partial charge is 0.385 e. The standard InChI is InChI=1S/C16H23NO3S/c1-11-4-5-12(2)14(8-11)21-9-15(18)17-10-16(19)6-7-20-13(16)3/h4-5,8,13,19H,6-7,9-10H2,1-3H3,(H,17,18). The SMILES string of the molecule is Cc1ccc(C)c(SCC(=O)NCC2(O)CCOC2C)c1. The minimum atomic E-state index is -0.931. The van der Waals surface area contributed by atoms with Crippen molar-refractivity contribution in [2.24, 2.45) is 0 Å². The summed E-state index contributed by atoms with van der Waals surface area (Å²) in [5.74, 6) is 0.295. The van der Waals surface area contributed by atoms with Crippen LogP contribution in [0.25, 0.3) is 0 Å². The lowest BCUT2D eigenvalue weighted by atomic mass is 9.97. The highest BCUT2D eigenvalue weighted by Crippen LogP contribution is 2.25. The number of hydrogen-bond acceptors (Lipinski definition) is 4. The third-order valence-electron chi connectivity index (χ3n) is 3.95. The van der Waals surface area contributed by atoms with Crippen LogP contribution >= 0.6 is 11.8 Å². The van der Waals surface area contributed by atoms with Gasteiger partial charge in [0.05, 0.1) is 11.9 Å². The molecule has 0 saturated carbocycles. The van der Waals surface area contributed by atoms with Crippen LogP contribution in [-0.2, 0) is 9.53 Å². The monoisotopic (exact) mass is 309 g/mol. The smallest absolute Gasteiger partial charge is 0.230 e. The van der Waals surface area contributed by atoms with Crippen molar-refractivity contribution in [1.29, 1.82) is 0 Å². The van der Waals surface area contributed by atoms with E-state index in [1.807, 2.05) is 20.8 Å². The highest BCUT2D eigenvalue weighted by Gasteiger charge is 2.39. The van der Waals surface area contributed by atoms with E-state index < -0.39 is 5.60 Å². The first kappa shape index (κ1) is 16.3. The lowest BCUT2D eigenvalue weighted by Crippen LogP contribution is -2.47. The van der Waals surface area contributed by atoms with Crippen molar-refractivity contribution in [2.45, 2.75) is 43.8 Å². The Hall–Kier alpha value is -1.04. The van der Waals surface area contributed by atoms with Gasteiger partial charge in [0.25, 0.3) is 0 Å². The minimum absolute atomic E-state index is 0.0616. The second-order valence-electron chi connectivity index (χ2n) is 5.70. The van der Waals surface area contributed by atoms with E-state index in [4.69, 9.17) is 4.74 Å². The first-order valence-electron chi connectivity index (χ1n) is 7.21. The summed E-state index contributed by atoms with van der Waals surface area (Å²) in [5, 5.41) is 13.1. The molecule has 1 aromatic carbocycles. The van der Waals surface area contributed by atoms with Crippen LogP contribution in [0.5, 0.6) is 0 Å². The van der Waals surface area contributed by atoms with Gasteiger partial charge in [0.1, 0.15) is 5.60 Å². The molecule has 1 amide bonds. The molecule has 2 unspecified atom stereocenters. The Labute approximate surface area is 130 Å². The van der Waals surface area contributed by atoms with Gasteiger partial charge in [-0.3, -0.25) is 4.79 Å². The summed E-state index contributed by atoms with van der Waals surface area (Å²) in [6.07, 6.45) is 0.336. The summed E-state index contributed by atoms with van der Waals surface area (Å²) in [6.45, 7) is 6.72. The molecular weight excluding hydrogens is 286 g/mol. The van der Waals surface area contributed by atoms with Crippen LogP contribution < -0.4 is 5.32 Å². The molecule has 1 aliphatic rings. The van der Waals surface area contributed by atoms with Crippen molar-refractivity contribution in [3.63, 3.8) is 0 Å². The van der Waals surface area contributed by atoms with Gasteiger partial charge >= 0.3 is 0 Å². The molecule has 2 N–H and O–H groups in total. The summed E-state index contributed by atoms with van der Waals surface area (Å²) in [6, 6.07) is 6.22. The molecule has 2 atom stereocenters. The van der Waals surface area contributed by atoms with Crippen molar-refractivity contribution in [3.8, 4) is 0 Å². The number of benzene rings is 1. The lowest BCUT2D eigenvalue weighted by Gasteiger charge is -2.26. The van der Waals surface area contributed by atoms with Crippen LogP contribution in [0.3, 0.4) is 0 Å². The van der Waals surface area contributed by atoms with Crippen LogP contribution in [0.15, 0.2) is 23.1 Å². The summed E-state index contributed by atoms with van der Waals surface area (Å²) < 4.78 is 5.35. The summed E-state index contributed by atoms with van der Waals surface area (Å²) in [7, 11) is 0. The van der Waals surface area contributed by atoms with E-state index in [0.29, 0.717) is 18.8 Å². The van der Waals surface area contributed by atoms with Gasteiger partial charge in [-0.15, -0.1) is 11.8 Å². The lowest BCUT2D eigenvalue weighted by molar-refractivity contribution is -0.120. The number of rotatable bonds is 5. The van der Waals surface area contributed by atoms with E-state index in [2.05, 4.69) is 23.5 Å². The zero-order chi connectivity index (χ0) is 15.5. The predicted molar refractivity (Wildman–Crippen MR) is 84.6 cm³/mol. The van der Waals surface area contributed by atoms with Crippen molar-refractivity contribution in [1.82, 2.24) is 5.32 Å². The number of amides is 1. The zero-order valence-electron chi connectivity index (χ0n) is 12.8. The average molecular weight is 309 g/mol.